The van der Waals surface area contributed by atoms with Crippen molar-refractivity contribution in [2.24, 2.45) is 0 Å². The predicted octanol–water partition coefficient (Wildman–Crippen LogP) is -3.57. The first-order valence-corrected chi connectivity index (χ1v) is 13.4. The summed E-state index contributed by atoms with van der Waals surface area (Å²) in [6, 6.07) is -1.41. The highest BCUT2D eigenvalue weighted by atomic mass is 16.7. The average Bonchev–Trinajstić information content (AvgIpc) is 2.89. The number of nitrogens with one attached hydrogen (secondary N) is 5. The molecule has 1 saturated carbocycles. The molecule has 0 aromatic carbocycles. The Hall–Kier alpha value is -0.520. The van der Waals surface area contributed by atoms with Gasteiger partial charge in [0, 0.05) is 18.6 Å². The van der Waals surface area contributed by atoms with Crippen molar-refractivity contribution < 1.29 is 39.4 Å². The molecule has 37 heavy (non-hydrogen) atoms. The number of ether oxygens (including phenoxy) is 4. The standard InChI is InChI=1S/C24H49N5O8/c1-7-15-18(31)17(29-6)19(32)24(34-15)37-22-12(27-4)8-11(26-3)21(20(22)33)36-23-13(28-5)9-14(30)16(35-23)10-25-2/h11-33H,7-10H2,1-6H3. The van der Waals surface area contributed by atoms with Gasteiger partial charge in [-0.15, -0.1) is 0 Å². The van der Waals surface area contributed by atoms with Gasteiger partial charge in [-0.2, -0.15) is 0 Å². The summed E-state index contributed by atoms with van der Waals surface area (Å²) in [5, 5.41) is 59.1. The number of aliphatic hydroxyl groups is 4. The molecule has 2 heterocycles. The first-order chi connectivity index (χ1) is 17.7. The summed E-state index contributed by atoms with van der Waals surface area (Å²) in [5.41, 5.74) is 0. The molecule has 14 atom stereocenters. The van der Waals surface area contributed by atoms with Crippen LogP contribution in [0.3, 0.4) is 0 Å². The molecule has 0 aromatic rings. The maximum absolute atomic E-state index is 11.6. The zero-order valence-corrected chi connectivity index (χ0v) is 22.8. The van der Waals surface area contributed by atoms with E-state index in [4.69, 9.17) is 18.9 Å². The van der Waals surface area contributed by atoms with E-state index < -0.39 is 67.5 Å². The molecule has 218 valence electrons. The average molecular weight is 536 g/mol. The third-order valence-corrected chi connectivity index (χ3v) is 8.08. The van der Waals surface area contributed by atoms with Crippen LogP contribution in [0.1, 0.15) is 26.2 Å². The van der Waals surface area contributed by atoms with Gasteiger partial charge in [-0.25, -0.2) is 0 Å². The lowest BCUT2D eigenvalue weighted by Crippen LogP contribution is -2.68. The largest absolute Gasteiger partial charge is 0.390 e. The Morgan fingerprint density at radius 3 is 1.76 bits per heavy atom. The molecule has 2 aliphatic heterocycles. The highest BCUT2D eigenvalue weighted by Crippen LogP contribution is 2.32. The number of likely N-dealkylation sites (N-methyl/N-ethyl adjacent to an activating group) is 5. The van der Waals surface area contributed by atoms with Crippen LogP contribution in [0.15, 0.2) is 0 Å². The van der Waals surface area contributed by atoms with Gasteiger partial charge in [-0.3, -0.25) is 0 Å². The maximum atomic E-state index is 11.6. The molecular weight excluding hydrogens is 486 g/mol. The zero-order chi connectivity index (χ0) is 27.3. The van der Waals surface area contributed by atoms with Crippen molar-refractivity contribution in [1.82, 2.24) is 26.6 Å². The van der Waals surface area contributed by atoms with Gasteiger partial charge in [-0.1, -0.05) is 6.92 Å². The van der Waals surface area contributed by atoms with E-state index >= 15 is 0 Å². The minimum Gasteiger partial charge on any atom is -0.390 e. The second kappa shape index (κ2) is 14.2. The third-order valence-electron chi connectivity index (χ3n) is 8.08. The SMILES string of the molecule is CCC1OC(OC2C(NC)CC(NC)C(OC3OC(CNC)C(O)CC3NC)C2O)C(O)C(NC)C1O. The van der Waals surface area contributed by atoms with Crippen molar-refractivity contribution in [1.29, 1.82) is 0 Å². The first kappa shape index (κ1) is 31.0. The Bertz CT molecular complexity index is 683. The lowest BCUT2D eigenvalue weighted by molar-refractivity contribution is -0.316. The second-order valence-electron chi connectivity index (χ2n) is 10.3. The number of hydrogen-bond acceptors (Lipinski definition) is 13. The van der Waals surface area contributed by atoms with Crippen LogP contribution in [0.5, 0.6) is 0 Å². The molecular formula is C24H49N5O8. The van der Waals surface area contributed by atoms with Crippen molar-refractivity contribution in [3.63, 3.8) is 0 Å². The van der Waals surface area contributed by atoms with E-state index in [0.717, 1.165) is 0 Å². The predicted molar refractivity (Wildman–Crippen MR) is 136 cm³/mol. The van der Waals surface area contributed by atoms with E-state index in [0.29, 0.717) is 25.8 Å². The molecule has 2 saturated heterocycles. The first-order valence-electron chi connectivity index (χ1n) is 13.4. The van der Waals surface area contributed by atoms with Crippen molar-refractivity contribution in [3.8, 4) is 0 Å². The molecule has 0 amide bonds. The lowest BCUT2D eigenvalue weighted by Gasteiger charge is -2.49. The fourth-order valence-corrected chi connectivity index (χ4v) is 5.80. The summed E-state index contributed by atoms with van der Waals surface area (Å²) in [6.07, 6.45) is -6.49. The van der Waals surface area contributed by atoms with Crippen LogP contribution in [0, 0.1) is 0 Å². The molecule has 14 unspecified atom stereocenters. The molecule has 0 spiro atoms. The van der Waals surface area contributed by atoms with Gasteiger partial charge in [0.15, 0.2) is 12.6 Å². The van der Waals surface area contributed by atoms with Gasteiger partial charge >= 0.3 is 0 Å². The minimum atomic E-state index is -1.15. The Morgan fingerprint density at radius 2 is 1.24 bits per heavy atom. The van der Waals surface area contributed by atoms with Gasteiger partial charge in [0.1, 0.15) is 24.4 Å². The number of aliphatic hydroxyl groups excluding tert-OH is 4. The summed E-state index contributed by atoms with van der Waals surface area (Å²) in [5.74, 6) is 0. The normalized spacial score (nSPS) is 47.2. The molecule has 3 aliphatic rings. The Kier molecular flexibility index (Phi) is 11.9. The quantitative estimate of drug-likeness (QED) is 0.127. The van der Waals surface area contributed by atoms with E-state index in [-0.39, 0.29) is 18.1 Å². The summed E-state index contributed by atoms with van der Waals surface area (Å²) < 4.78 is 24.7. The number of hydrogen-bond donors (Lipinski definition) is 9. The minimum absolute atomic E-state index is 0.226. The van der Waals surface area contributed by atoms with Crippen LogP contribution in [0.2, 0.25) is 0 Å². The molecule has 1 aliphatic carbocycles. The summed E-state index contributed by atoms with van der Waals surface area (Å²) in [4.78, 5) is 0. The van der Waals surface area contributed by atoms with Gasteiger partial charge in [0.2, 0.25) is 0 Å². The second-order valence-corrected chi connectivity index (χ2v) is 10.3. The molecule has 0 radical (unpaired) electrons. The van der Waals surface area contributed by atoms with Crippen LogP contribution < -0.4 is 26.6 Å². The van der Waals surface area contributed by atoms with Crippen molar-refractivity contribution in [2.45, 2.75) is 112 Å². The topological polar surface area (TPSA) is 178 Å². The van der Waals surface area contributed by atoms with Crippen LogP contribution in [-0.4, -0.2) is 148 Å². The zero-order valence-electron chi connectivity index (χ0n) is 22.8. The van der Waals surface area contributed by atoms with Crippen LogP contribution in [0.25, 0.3) is 0 Å². The molecule has 0 aromatic heterocycles. The van der Waals surface area contributed by atoms with Gasteiger partial charge in [0.25, 0.3) is 0 Å². The summed E-state index contributed by atoms with van der Waals surface area (Å²) in [6.45, 7) is 2.35. The van der Waals surface area contributed by atoms with Crippen molar-refractivity contribution in [3.05, 3.63) is 0 Å². The highest BCUT2D eigenvalue weighted by Gasteiger charge is 2.51. The lowest BCUT2D eigenvalue weighted by atomic mass is 9.83. The molecule has 13 heteroatoms. The van der Waals surface area contributed by atoms with E-state index in [9.17, 15) is 20.4 Å². The maximum Gasteiger partial charge on any atom is 0.186 e. The van der Waals surface area contributed by atoms with Crippen LogP contribution in [-0.2, 0) is 18.9 Å². The smallest absolute Gasteiger partial charge is 0.186 e. The fourth-order valence-electron chi connectivity index (χ4n) is 5.80. The van der Waals surface area contributed by atoms with Gasteiger partial charge in [0.05, 0.1) is 36.5 Å². The molecule has 9 N–H and O–H groups in total. The Balaban J connectivity index is 1.80. The summed E-state index contributed by atoms with van der Waals surface area (Å²) in [7, 11) is 8.84. The van der Waals surface area contributed by atoms with Crippen molar-refractivity contribution in [2.75, 3.05) is 41.8 Å². The molecule has 3 fully saturated rings. The Morgan fingerprint density at radius 1 is 0.676 bits per heavy atom. The van der Waals surface area contributed by atoms with E-state index in [1.54, 1.807) is 28.2 Å². The monoisotopic (exact) mass is 535 g/mol. The molecule has 3 rings (SSSR count). The van der Waals surface area contributed by atoms with Gasteiger partial charge < -0.3 is 66.0 Å². The molecule has 13 nitrogen and oxygen atoms in total. The number of rotatable bonds is 11. The fraction of sp³-hybridized carbons (Fsp3) is 1.00. The molecule has 0 bridgehead atoms. The van der Waals surface area contributed by atoms with Gasteiger partial charge in [-0.05, 0) is 54.5 Å². The third kappa shape index (κ3) is 6.80. The summed E-state index contributed by atoms with van der Waals surface area (Å²) >= 11 is 0. The highest BCUT2D eigenvalue weighted by molar-refractivity contribution is 5.02. The van der Waals surface area contributed by atoms with Crippen molar-refractivity contribution >= 4 is 0 Å². The van der Waals surface area contributed by atoms with E-state index in [2.05, 4.69) is 26.6 Å². The van der Waals surface area contributed by atoms with E-state index in [1.807, 2.05) is 14.0 Å². The Labute approximate surface area is 219 Å². The van der Waals surface area contributed by atoms with Crippen LogP contribution >= 0.6 is 0 Å². The van der Waals surface area contributed by atoms with E-state index in [1.165, 1.54) is 0 Å². The van der Waals surface area contributed by atoms with Crippen LogP contribution in [0.4, 0.5) is 0 Å².